The third-order valence-electron chi connectivity index (χ3n) is 5.76. The summed E-state index contributed by atoms with van der Waals surface area (Å²) in [5.41, 5.74) is 1.19. The van der Waals surface area contributed by atoms with Crippen LogP contribution in [0.1, 0.15) is 23.2 Å². The number of amides is 1. The fourth-order valence-electron chi connectivity index (χ4n) is 4.27. The maximum atomic E-state index is 12.9. The summed E-state index contributed by atoms with van der Waals surface area (Å²) >= 11 is 0. The van der Waals surface area contributed by atoms with Crippen LogP contribution in [0.25, 0.3) is 10.9 Å². The lowest BCUT2D eigenvalue weighted by molar-refractivity contribution is -0.139. The Kier molecular flexibility index (Phi) is 6.41. The van der Waals surface area contributed by atoms with Gasteiger partial charge < -0.3 is 24.7 Å². The summed E-state index contributed by atoms with van der Waals surface area (Å²) in [6.07, 6.45) is 6.62. The number of carboxylic acids is 1. The molecule has 3 aromatic rings. The molecule has 2 aromatic heterocycles. The number of hydrogen-bond donors (Lipinski definition) is 2. The van der Waals surface area contributed by atoms with Crippen molar-refractivity contribution in [3.05, 3.63) is 60.6 Å². The van der Waals surface area contributed by atoms with Crippen LogP contribution in [0.4, 0.5) is 5.69 Å². The molecule has 1 aromatic carbocycles. The Morgan fingerprint density at radius 3 is 2.73 bits per heavy atom. The number of aliphatic carboxylic acids is 1. The quantitative estimate of drug-likeness (QED) is 0.563. The van der Waals surface area contributed by atoms with Crippen LogP contribution in [-0.2, 0) is 4.79 Å². The smallest absolute Gasteiger partial charge is 0.341 e. The van der Waals surface area contributed by atoms with E-state index in [-0.39, 0.29) is 12.5 Å². The molecule has 33 heavy (non-hydrogen) atoms. The third-order valence-corrected chi connectivity index (χ3v) is 5.76. The molecule has 0 saturated carbocycles. The van der Waals surface area contributed by atoms with Crippen molar-refractivity contribution in [2.45, 2.75) is 18.4 Å². The monoisotopic (exact) mass is 450 g/mol. The number of aliphatic hydroxyl groups is 1. The fraction of sp³-hybridized carbons (Fsp3) is 0.333. The number of benzene rings is 1. The van der Waals surface area contributed by atoms with Gasteiger partial charge in [-0.1, -0.05) is 0 Å². The first-order chi connectivity index (χ1) is 15.8. The van der Waals surface area contributed by atoms with Crippen LogP contribution >= 0.6 is 0 Å². The van der Waals surface area contributed by atoms with Crippen molar-refractivity contribution in [2.75, 3.05) is 38.2 Å². The molecule has 1 aliphatic heterocycles. The van der Waals surface area contributed by atoms with Crippen LogP contribution in [0.2, 0.25) is 0 Å². The summed E-state index contributed by atoms with van der Waals surface area (Å²) < 4.78 is 5.11. The first-order valence-corrected chi connectivity index (χ1v) is 10.7. The molecular weight excluding hydrogens is 424 g/mol. The molecule has 0 radical (unpaired) electrons. The van der Waals surface area contributed by atoms with Crippen LogP contribution in [0.3, 0.4) is 0 Å². The van der Waals surface area contributed by atoms with Crippen molar-refractivity contribution < 1.29 is 24.5 Å². The molecule has 1 aliphatic rings. The van der Waals surface area contributed by atoms with Gasteiger partial charge in [-0.25, -0.2) is 4.79 Å². The predicted molar refractivity (Wildman–Crippen MR) is 122 cm³/mol. The number of aromatic nitrogens is 2. The molecule has 1 unspecified atom stereocenters. The number of likely N-dealkylation sites (N-methyl/N-ethyl adjacent to an activating group) is 1. The van der Waals surface area contributed by atoms with E-state index >= 15 is 0 Å². The van der Waals surface area contributed by atoms with Gasteiger partial charge in [-0.15, -0.1) is 0 Å². The van der Waals surface area contributed by atoms with Crippen LogP contribution in [0, 0.1) is 0 Å². The Bertz CT molecular complexity index is 1150. The molecule has 0 aliphatic carbocycles. The number of pyridine rings is 2. The first kappa shape index (κ1) is 22.5. The van der Waals surface area contributed by atoms with Crippen molar-refractivity contribution >= 4 is 28.5 Å². The van der Waals surface area contributed by atoms with E-state index in [1.807, 2.05) is 12.1 Å². The molecule has 1 amide bonds. The predicted octanol–water partition coefficient (Wildman–Crippen LogP) is 2.20. The van der Waals surface area contributed by atoms with Crippen molar-refractivity contribution in [3.8, 4) is 5.75 Å². The second-order valence-electron chi connectivity index (χ2n) is 8.34. The minimum Gasteiger partial charge on any atom is -0.482 e. The van der Waals surface area contributed by atoms with Gasteiger partial charge in [0.25, 0.3) is 5.91 Å². The highest BCUT2D eigenvalue weighted by Crippen LogP contribution is 2.31. The average Bonchev–Trinajstić information content (AvgIpc) is 2.82. The highest BCUT2D eigenvalue weighted by Gasteiger charge is 2.36. The number of hydrogen-bond acceptors (Lipinski definition) is 7. The van der Waals surface area contributed by atoms with E-state index in [9.17, 15) is 14.7 Å². The zero-order valence-corrected chi connectivity index (χ0v) is 18.3. The van der Waals surface area contributed by atoms with Gasteiger partial charge in [0.1, 0.15) is 5.75 Å². The second-order valence-corrected chi connectivity index (χ2v) is 8.34. The summed E-state index contributed by atoms with van der Waals surface area (Å²) in [7, 11) is 1.67. The number of carboxylic acid groups (broad SMARTS) is 1. The molecule has 1 fully saturated rings. The zero-order chi connectivity index (χ0) is 23.4. The second kappa shape index (κ2) is 9.41. The number of nitrogens with zero attached hydrogens (tertiary/aromatic N) is 4. The number of β-amino-alcohol motifs (C(OH)–C–C–N with tert-alkyl or cyclic N) is 1. The first-order valence-electron chi connectivity index (χ1n) is 10.7. The van der Waals surface area contributed by atoms with Crippen LogP contribution in [0.5, 0.6) is 5.75 Å². The lowest BCUT2D eigenvalue weighted by Gasteiger charge is -2.42. The van der Waals surface area contributed by atoms with E-state index in [0.29, 0.717) is 24.3 Å². The van der Waals surface area contributed by atoms with E-state index in [4.69, 9.17) is 9.84 Å². The minimum atomic E-state index is -1.07. The van der Waals surface area contributed by atoms with E-state index in [1.165, 1.54) is 4.90 Å². The van der Waals surface area contributed by atoms with Gasteiger partial charge in [0, 0.05) is 55.4 Å². The molecule has 3 heterocycles. The molecule has 4 rings (SSSR count). The van der Waals surface area contributed by atoms with E-state index in [2.05, 4.69) is 14.9 Å². The highest BCUT2D eigenvalue weighted by molar-refractivity contribution is 5.94. The summed E-state index contributed by atoms with van der Waals surface area (Å²) in [6.45, 7) is 0.923. The number of carbonyl (C=O) groups excluding carboxylic acids is 1. The number of carbonyl (C=O) groups is 2. The number of piperidine rings is 1. The van der Waals surface area contributed by atoms with Gasteiger partial charge in [-0.05, 0) is 49.2 Å². The van der Waals surface area contributed by atoms with Crippen molar-refractivity contribution in [3.63, 3.8) is 0 Å². The van der Waals surface area contributed by atoms with Gasteiger partial charge in [-0.3, -0.25) is 14.8 Å². The fourth-order valence-corrected chi connectivity index (χ4v) is 4.27. The normalized spacial score (nSPS) is 18.2. The average molecular weight is 450 g/mol. The topological polar surface area (TPSA) is 116 Å². The Labute approximate surface area is 191 Å². The summed E-state index contributed by atoms with van der Waals surface area (Å²) in [4.78, 5) is 35.8. The molecule has 172 valence electrons. The number of anilines is 1. The minimum absolute atomic E-state index is 0.181. The highest BCUT2D eigenvalue weighted by atomic mass is 16.5. The molecule has 0 bridgehead atoms. The van der Waals surface area contributed by atoms with Crippen molar-refractivity contribution in [1.29, 1.82) is 0 Å². The van der Waals surface area contributed by atoms with Crippen LogP contribution in [-0.4, -0.2) is 75.8 Å². The van der Waals surface area contributed by atoms with Crippen LogP contribution in [0.15, 0.2) is 55.0 Å². The SMILES string of the molecule is CN(CC1(O)CCCN(c2ccnc3ccncc23)C1)C(=O)c1ccc(OCC(=O)O)cc1. The summed E-state index contributed by atoms with van der Waals surface area (Å²) in [5.74, 6) is -0.929. The Morgan fingerprint density at radius 2 is 1.97 bits per heavy atom. The molecule has 0 spiro atoms. The molecule has 2 N–H and O–H groups in total. The van der Waals surface area contributed by atoms with Crippen molar-refractivity contribution in [1.82, 2.24) is 14.9 Å². The summed E-state index contributed by atoms with van der Waals surface area (Å²) in [5, 5.41) is 21.0. The molecule has 1 saturated heterocycles. The molecular formula is C24H26N4O5. The van der Waals surface area contributed by atoms with Crippen LogP contribution < -0.4 is 9.64 Å². The van der Waals surface area contributed by atoms with E-state index in [1.54, 1.807) is 49.9 Å². The van der Waals surface area contributed by atoms with E-state index < -0.39 is 18.2 Å². The standard InChI is InChI=1S/C24H26N4O5/c1-27(23(31)17-3-5-18(6-4-17)33-14-22(29)30)15-24(32)9-2-12-28(16-24)21-8-11-26-20-7-10-25-13-19(20)21/h3-8,10-11,13,32H,2,9,12,14-16H2,1H3,(H,29,30). The Hall–Kier alpha value is -3.72. The zero-order valence-electron chi connectivity index (χ0n) is 18.3. The van der Waals surface area contributed by atoms with Gasteiger partial charge in [-0.2, -0.15) is 0 Å². The lowest BCUT2D eigenvalue weighted by atomic mass is 9.91. The summed E-state index contributed by atoms with van der Waals surface area (Å²) in [6, 6.07) is 10.1. The molecule has 9 nitrogen and oxygen atoms in total. The van der Waals surface area contributed by atoms with Gasteiger partial charge in [0.05, 0.1) is 17.7 Å². The molecule has 1 atom stereocenters. The number of fused-ring (bicyclic) bond motifs is 1. The maximum absolute atomic E-state index is 12.9. The van der Waals surface area contributed by atoms with Gasteiger partial charge >= 0.3 is 5.97 Å². The Balaban J connectivity index is 1.44. The number of ether oxygens (including phenoxy) is 1. The molecule has 9 heteroatoms. The largest absolute Gasteiger partial charge is 0.482 e. The third kappa shape index (κ3) is 5.20. The van der Waals surface area contributed by atoms with Gasteiger partial charge in [0.15, 0.2) is 6.61 Å². The number of rotatable bonds is 7. The van der Waals surface area contributed by atoms with E-state index in [0.717, 1.165) is 29.6 Å². The van der Waals surface area contributed by atoms with Crippen molar-refractivity contribution in [2.24, 2.45) is 0 Å². The lowest BCUT2D eigenvalue weighted by Crippen LogP contribution is -2.54. The van der Waals surface area contributed by atoms with Gasteiger partial charge in [0.2, 0.25) is 0 Å². The Morgan fingerprint density at radius 1 is 1.18 bits per heavy atom. The maximum Gasteiger partial charge on any atom is 0.341 e.